The van der Waals surface area contributed by atoms with Crippen LogP contribution in [0.4, 0.5) is 0 Å². The molecule has 0 fully saturated rings. The van der Waals surface area contributed by atoms with Gasteiger partial charge in [-0.15, -0.1) is 0 Å². The average molecular weight is 265 g/mol. The van der Waals surface area contributed by atoms with E-state index in [0.29, 0.717) is 0 Å². The summed E-state index contributed by atoms with van der Waals surface area (Å²) in [5, 5.41) is 7.87. The fraction of sp³-hybridized carbons (Fsp3) is 0.583. The number of aryl methyl sites for hydroxylation is 2. The minimum absolute atomic E-state index is 0.204. The number of nitrogens with zero attached hydrogens (tertiary/aromatic N) is 4. The van der Waals surface area contributed by atoms with Crippen LogP contribution in [-0.2, 0) is 19.4 Å². The van der Waals surface area contributed by atoms with E-state index in [4.69, 9.17) is 0 Å². The second kappa shape index (κ2) is 6.06. The molecule has 2 rings (SSSR count). The maximum Gasteiger partial charge on any atom is 0.0916 e. The Morgan fingerprint density at radius 3 is 2.83 bits per heavy atom. The molecular formula is C12H19N5S. The summed E-state index contributed by atoms with van der Waals surface area (Å²) in [6.45, 7) is 5.15. The largest absolute Gasteiger partial charge is 0.311 e. The van der Waals surface area contributed by atoms with Gasteiger partial charge in [-0.2, -0.15) is 13.8 Å². The topological polar surface area (TPSA) is 55.6 Å². The minimum atomic E-state index is 0.204. The lowest BCUT2D eigenvalue weighted by Crippen LogP contribution is -2.20. The Morgan fingerprint density at radius 2 is 2.28 bits per heavy atom. The highest BCUT2D eigenvalue weighted by atomic mass is 32.1. The Morgan fingerprint density at radius 1 is 1.44 bits per heavy atom. The fourth-order valence-corrected chi connectivity index (χ4v) is 2.49. The molecule has 0 aliphatic heterocycles. The lowest BCUT2D eigenvalue weighted by molar-refractivity contribution is 0.534. The zero-order valence-electron chi connectivity index (χ0n) is 11.1. The van der Waals surface area contributed by atoms with Crippen LogP contribution in [0.15, 0.2) is 12.3 Å². The van der Waals surface area contributed by atoms with E-state index in [2.05, 4.69) is 43.8 Å². The molecule has 1 atom stereocenters. The van der Waals surface area contributed by atoms with Gasteiger partial charge in [0.05, 0.1) is 35.4 Å². The second-order valence-corrected chi connectivity index (χ2v) is 4.73. The summed E-state index contributed by atoms with van der Waals surface area (Å²) in [7, 11) is 1.96. The van der Waals surface area contributed by atoms with Crippen LogP contribution in [0.1, 0.15) is 37.0 Å². The highest BCUT2D eigenvalue weighted by Crippen LogP contribution is 2.17. The van der Waals surface area contributed by atoms with Crippen LogP contribution in [0.2, 0.25) is 0 Å². The van der Waals surface area contributed by atoms with Crippen LogP contribution in [0, 0.1) is 0 Å². The van der Waals surface area contributed by atoms with E-state index >= 15 is 0 Å². The molecule has 98 valence electrons. The van der Waals surface area contributed by atoms with Crippen LogP contribution in [0.5, 0.6) is 0 Å². The highest BCUT2D eigenvalue weighted by molar-refractivity contribution is 6.99. The van der Waals surface area contributed by atoms with Gasteiger partial charge >= 0.3 is 0 Å². The SMILES string of the molecule is CCc1cc(CC(NC)c2cnsn2)n(CC)n1. The van der Waals surface area contributed by atoms with Crippen LogP contribution in [0.25, 0.3) is 0 Å². The van der Waals surface area contributed by atoms with E-state index in [-0.39, 0.29) is 6.04 Å². The van der Waals surface area contributed by atoms with Gasteiger partial charge in [-0.25, -0.2) is 0 Å². The number of aromatic nitrogens is 4. The molecule has 18 heavy (non-hydrogen) atoms. The van der Waals surface area contributed by atoms with Gasteiger partial charge in [0, 0.05) is 18.7 Å². The van der Waals surface area contributed by atoms with E-state index in [0.717, 1.165) is 30.8 Å². The van der Waals surface area contributed by atoms with E-state index < -0.39 is 0 Å². The van der Waals surface area contributed by atoms with Crippen molar-refractivity contribution < 1.29 is 0 Å². The molecule has 0 bridgehead atoms. The van der Waals surface area contributed by atoms with Crippen molar-refractivity contribution in [1.29, 1.82) is 0 Å². The van der Waals surface area contributed by atoms with Crippen molar-refractivity contribution in [3.05, 3.63) is 29.3 Å². The van der Waals surface area contributed by atoms with Crippen LogP contribution in [0.3, 0.4) is 0 Å². The number of hydrogen-bond acceptors (Lipinski definition) is 5. The Balaban J connectivity index is 2.19. The molecular weight excluding hydrogens is 246 g/mol. The Kier molecular flexibility index (Phi) is 4.43. The summed E-state index contributed by atoms with van der Waals surface area (Å²) in [5.41, 5.74) is 3.41. The predicted octanol–water partition coefficient (Wildman–Crippen LogP) is 1.82. The van der Waals surface area contributed by atoms with Crippen molar-refractivity contribution in [3.8, 4) is 0 Å². The third-order valence-electron chi connectivity index (χ3n) is 3.07. The van der Waals surface area contributed by atoms with Gasteiger partial charge in [0.25, 0.3) is 0 Å². The maximum atomic E-state index is 4.57. The van der Waals surface area contributed by atoms with Gasteiger partial charge in [0.15, 0.2) is 0 Å². The van der Waals surface area contributed by atoms with Crippen LogP contribution in [-0.4, -0.2) is 25.6 Å². The first-order valence-corrected chi connectivity index (χ1v) is 7.01. The lowest BCUT2D eigenvalue weighted by atomic mass is 10.1. The first-order valence-electron chi connectivity index (χ1n) is 6.28. The Labute approximate surface area is 112 Å². The summed E-state index contributed by atoms with van der Waals surface area (Å²) >= 11 is 1.25. The van der Waals surface area contributed by atoms with Crippen molar-refractivity contribution in [2.45, 2.75) is 39.3 Å². The van der Waals surface area contributed by atoms with E-state index in [1.165, 1.54) is 17.4 Å². The summed E-state index contributed by atoms with van der Waals surface area (Å²) in [6.07, 6.45) is 3.70. The minimum Gasteiger partial charge on any atom is -0.311 e. The third kappa shape index (κ3) is 2.76. The molecule has 5 nitrogen and oxygen atoms in total. The maximum absolute atomic E-state index is 4.57. The summed E-state index contributed by atoms with van der Waals surface area (Å²) in [5.74, 6) is 0. The molecule has 2 aromatic rings. The molecule has 0 aromatic carbocycles. The molecule has 1 unspecified atom stereocenters. The van der Waals surface area contributed by atoms with E-state index in [1.54, 1.807) is 0 Å². The van der Waals surface area contributed by atoms with E-state index in [1.807, 2.05) is 13.2 Å². The van der Waals surface area contributed by atoms with Gasteiger partial charge in [-0.3, -0.25) is 4.68 Å². The number of hydrogen-bond donors (Lipinski definition) is 1. The number of likely N-dealkylation sites (N-methyl/N-ethyl adjacent to an activating group) is 1. The standard InChI is InChI=1S/C12H19N5S/c1-4-9-6-10(17(5-2)15-9)7-11(13-3)12-8-14-18-16-12/h6,8,11,13H,4-5,7H2,1-3H3. The third-order valence-corrected chi connectivity index (χ3v) is 3.56. The molecule has 0 radical (unpaired) electrons. The molecule has 0 saturated heterocycles. The quantitative estimate of drug-likeness (QED) is 0.865. The zero-order chi connectivity index (χ0) is 13.0. The first-order chi connectivity index (χ1) is 8.78. The van der Waals surface area contributed by atoms with Gasteiger partial charge in [0.1, 0.15) is 0 Å². The molecule has 0 amide bonds. The summed E-state index contributed by atoms with van der Waals surface area (Å²) < 4.78 is 10.4. The molecule has 0 saturated carbocycles. The molecule has 0 spiro atoms. The first kappa shape index (κ1) is 13.2. The summed E-state index contributed by atoms with van der Waals surface area (Å²) in [6, 6.07) is 2.39. The second-order valence-electron chi connectivity index (χ2n) is 4.17. The fourth-order valence-electron chi connectivity index (χ4n) is 2.01. The summed E-state index contributed by atoms with van der Waals surface area (Å²) in [4.78, 5) is 0. The zero-order valence-corrected chi connectivity index (χ0v) is 11.9. The van der Waals surface area contributed by atoms with Gasteiger partial charge in [-0.05, 0) is 26.5 Å². The number of nitrogens with one attached hydrogen (secondary N) is 1. The van der Waals surface area contributed by atoms with Gasteiger partial charge < -0.3 is 5.32 Å². The highest BCUT2D eigenvalue weighted by Gasteiger charge is 2.16. The van der Waals surface area contributed by atoms with Crippen LogP contribution >= 0.6 is 11.7 Å². The molecule has 2 heterocycles. The lowest BCUT2D eigenvalue weighted by Gasteiger charge is -2.13. The smallest absolute Gasteiger partial charge is 0.0916 e. The molecule has 2 aromatic heterocycles. The van der Waals surface area contributed by atoms with Crippen molar-refractivity contribution in [2.75, 3.05) is 7.05 Å². The predicted molar refractivity (Wildman–Crippen MR) is 72.7 cm³/mol. The van der Waals surface area contributed by atoms with E-state index in [9.17, 15) is 0 Å². The number of rotatable bonds is 6. The normalized spacial score (nSPS) is 12.8. The van der Waals surface area contributed by atoms with Gasteiger partial charge in [-0.1, -0.05) is 6.92 Å². The molecule has 0 aliphatic carbocycles. The molecule has 6 heteroatoms. The molecule has 0 aliphatic rings. The van der Waals surface area contributed by atoms with Crippen molar-refractivity contribution >= 4 is 11.7 Å². The van der Waals surface area contributed by atoms with Gasteiger partial charge in [0.2, 0.25) is 0 Å². The van der Waals surface area contributed by atoms with Crippen molar-refractivity contribution in [2.24, 2.45) is 0 Å². The monoisotopic (exact) mass is 265 g/mol. The van der Waals surface area contributed by atoms with Crippen molar-refractivity contribution in [3.63, 3.8) is 0 Å². The molecule has 1 N–H and O–H groups in total. The van der Waals surface area contributed by atoms with Crippen molar-refractivity contribution in [1.82, 2.24) is 23.8 Å². The van der Waals surface area contributed by atoms with Crippen LogP contribution < -0.4 is 5.32 Å². The Hall–Kier alpha value is -1.27. The average Bonchev–Trinajstić information content (AvgIpc) is 3.04. The Bertz CT molecular complexity index is 477.